The molecule has 10 heteroatoms. The number of amides is 2. The van der Waals surface area contributed by atoms with Gasteiger partial charge in [0.15, 0.2) is 5.78 Å². The van der Waals surface area contributed by atoms with Crippen molar-refractivity contribution in [1.82, 2.24) is 5.01 Å². The zero-order valence-corrected chi connectivity index (χ0v) is 17.1. The standard InChI is InChI=1S/C22H15ClN4O5/c23-14-9-8-13(27(31)32)11-16(14)25-21(29)17-15-7-4-10-24-26(15)19(18(17)22(25)30)20(28)12-5-2-1-3-6-12/h1-11,15,17-19H/t15-,17-,18-,19-/m1/s1. The van der Waals surface area contributed by atoms with Crippen LogP contribution in [0, 0.1) is 22.0 Å². The fourth-order valence-electron chi connectivity index (χ4n) is 4.63. The maximum atomic E-state index is 13.5. The molecule has 2 saturated heterocycles. The first-order valence-corrected chi connectivity index (χ1v) is 10.2. The minimum atomic E-state index is -1.00. The summed E-state index contributed by atoms with van der Waals surface area (Å²) in [6, 6.07) is 10.5. The molecule has 2 aromatic carbocycles. The van der Waals surface area contributed by atoms with Crippen LogP contribution in [0.4, 0.5) is 11.4 Å². The first kappa shape index (κ1) is 20.1. The van der Waals surface area contributed by atoms with Gasteiger partial charge in [0.2, 0.25) is 11.8 Å². The molecule has 3 aliphatic rings. The molecule has 0 radical (unpaired) electrons. The molecule has 2 fully saturated rings. The molecule has 0 unspecified atom stereocenters. The first-order chi connectivity index (χ1) is 15.4. The molecule has 0 N–H and O–H groups in total. The predicted molar refractivity (Wildman–Crippen MR) is 115 cm³/mol. The van der Waals surface area contributed by atoms with Gasteiger partial charge in [0.25, 0.3) is 5.69 Å². The smallest absolute Gasteiger partial charge is 0.271 e. The highest BCUT2D eigenvalue weighted by Crippen LogP contribution is 2.47. The summed E-state index contributed by atoms with van der Waals surface area (Å²) in [5, 5.41) is 17.0. The minimum Gasteiger partial charge on any atom is -0.292 e. The lowest BCUT2D eigenvalue weighted by molar-refractivity contribution is -0.384. The quantitative estimate of drug-likeness (QED) is 0.306. The Morgan fingerprint density at radius 3 is 2.50 bits per heavy atom. The van der Waals surface area contributed by atoms with E-state index in [4.69, 9.17) is 11.6 Å². The summed E-state index contributed by atoms with van der Waals surface area (Å²) in [5.41, 5.74) is 0.0301. The predicted octanol–water partition coefficient (Wildman–Crippen LogP) is 2.85. The summed E-state index contributed by atoms with van der Waals surface area (Å²) in [5.74, 6) is -3.40. The number of rotatable bonds is 4. The van der Waals surface area contributed by atoms with Crippen LogP contribution in [-0.2, 0) is 9.59 Å². The van der Waals surface area contributed by atoms with Gasteiger partial charge in [0, 0.05) is 23.9 Å². The van der Waals surface area contributed by atoms with Crippen molar-refractivity contribution in [2.24, 2.45) is 16.9 Å². The van der Waals surface area contributed by atoms with Gasteiger partial charge in [-0.1, -0.05) is 48.0 Å². The van der Waals surface area contributed by atoms with E-state index in [1.54, 1.807) is 42.5 Å². The van der Waals surface area contributed by atoms with Crippen LogP contribution in [0.5, 0.6) is 0 Å². The third kappa shape index (κ3) is 2.85. The van der Waals surface area contributed by atoms with Gasteiger partial charge < -0.3 is 0 Å². The highest BCUT2D eigenvalue weighted by Gasteiger charge is 2.64. The van der Waals surface area contributed by atoms with Gasteiger partial charge in [-0.3, -0.25) is 29.5 Å². The number of ketones is 1. The van der Waals surface area contributed by atoms with E-state index in [9.17, 15) is 24.5 Å². The van der Waals surface area contributed by atoms with Crippen molar-refractivity contribution >= 4 is 46.8 Å². The Bertz CT molecular complexity index is 1230. The second-order valence-electron chi connectivity index (χ2n) is 7.65. The average molecular weight is 451 g/mol. The van der Waals surface area contributed by atoms with Crippen LogP contribution in [0.2, 0.25) is 5.02 Å². The highest BCUT2D eigenvalue weighted by molar-refractivity contribution is 6.36. The molecule has 9 nitrogen and oxygen atoms in total. The van der Waals surface area contributed by atoms with Gasteiger partial charge >= 0.3 is 0 Å². The average Bonchev–Trinajstić information content (AvgIpc) is 3.27. The molecular formula is C22H15ClN4O5. The molecule has 2 aromatic rings. The Hall–Kier alpha value is -3.85. The molecule has 3 heterocycles. The number of benzene rings is 2. The molecule has 0 saturated carbocycles. The van der Waals surface area contributed by atoms with E-state index in [1.807, 2.05) is 0 Å². The van der Waals surface area contributed by atoms with Crippen LogP contribution in [0.3, 0.4) is 0 Å². The van der Waals surface area contributed by atoms with Gasteiger partial charge in [-0.05, 0) is 12.1 Å². The number of Topliss-reactive ketones (excluding diaryl/α,β-unsaturated/α-hetero) is 1. The maximum absolute atomic E-state index is 13.5. The Morgan fingerprint density at radius 2 is 1.78 bits per heavy atom. The van der Waals surface area contributed by atoms with Crippen molar-refractivity contribution in [2.45, 2.75) is 12.1 Å². The zero-order chi connectivity index (χ0) is 22.6. The van der Waals surface area contributed by atoms with Crippen LogP contribution >= 0.6 is 11.6 Å². The number of halogens is 1. The summed E-state index contributed by atoms with van der Waals surface area (Å²) < 4.78 is 0. The first-order valence-electron chi connectivity index (χ1n) is 9.80. The molecular weight excluding hydrogens is 436 g/mol. The van der Waals surface area contributed by atoms with Crippen molar-refractivity contribution in [3.05, 3.63) is 81.4 Å². The summed E-state index contributed by atoms with van der Waals surface area (Å²) in [4.78, 5) is 51.9. The molecule has 5 rings (SSSR count). The Labute approximate surface area is 186 Å². The van der Waals surface area contributed by atoms with E-state index in [-0.39, 0.29) is 22.2 Å². The molecule has 0 spiro atoms. The largest absolute Gasteiger partial charge is 0.292 e. The number of anilines is 1. The lowest BCUT2D eigenvalue weighted by Gasteiger charge is -2.30. The van der Waals surface area contributed by atoms with E-state index in [0.717, 1.165) is 11.0 Å². The number of hydrazone groups is 1. The van der Waals surface area contributed by atoms with Crippen LogP contribution < -0.4 is 4.90 Å². The molecule has 160 valence electrons. The van der Waals surface area contributed by atoms with Crippen molar-refractivity contribution in [1.29, 1.82) is 0 Å². The van der Waals surface area contributed by atoms with E-state index < -0.39 is 40.7 Å². The summed E-state index contributed by atoms with van der Waals surface area (Å²) in [7, 11) is 0. The topological polar surface area (TPSA) is 113 Å². The number of carbonyl (C=O) groups excluding carboxylic acids is 3. The van der Waals surface area contributed by atoms with Crippen molar-refractivity contribution < 1.29 is 19.3 Å². The van der Waals surface area contributed by atoms with Gasteiger partial charge in [0.1, 0.15) is 6.04 Å². The Kier molecular flexibility index (Phi) is 4.63. The highest BCUT2D eigenvalue weighted by atomic mass is 35.5. The number of imide groups is 1. The van der Waals surface area contributed by atoms with E-state index >= 15 is 0 Å². The van der Waals surface area contributed by atoms with Crippen molar-refractivity contribution in [3.63, 3.8) is 0 Å². The summed E-state index contributed by atoms with van der Waals surface area (Å²) in [6.07, 6.45) is 4.90. The van der Waals surface area contributed by atoms with Crippen molar-refractivity contribution in [3.8, 4) is 0 Å². The second-order valence-corrected chi connectivity index (χ2v) is 8.06. The molecule has 0 bridgehead atoms. The number of nitro groups is 1. The zero-order valence-electron chi connectivity index (χ0n) is 16.4. The van der Waals surface area contributed by atoms with Crippen LogP contribution in [0.25, 0.3) is 0 Å². The Balaban J connectivity index is 1.60. The number of hydrogen-bond acceptors (Lipinski definition) is 7. The molecule has 0 aliphatic carbocycles. The Morgan fingerprint density at radius 1 is 1.06 bits per heavy atom. The number of non-ortho nitro benzene ring substituents is 1. The van der Waals surface area contributed by atoms with E-state index in [0.29, 0.717) is 5.56 Å². The van der Waals surface area contributed by atoms with Crippen LogP contribution in [0.1, 0.15) is 10.4 Å². The van der Waals surface area contributed by atoms with Crippen LogP contribution in [-0.4, -0.2) is 45.8 Å². The number of allylic oxidation sites excluding steroid dienone is 1. The number of nitrogens with zero attached hydrogens (tertiary/aromatic N) is 4. The number of nitro benzene ring substituents is 1. The lowest BCUT2D eigenvalue weighted by atomic mass is 9.86. The summed E-state index contributed by atoms with van der Waals surface area (Å²) in [6.45, 7) is 0. The van der Waals surface area contributed by atoms with Gasteiger partial charge in [-0.2, -0.15) is 5.10 Å². The van der Waals surface area contributed by atoms with Crippen LogP contribution in [0.15, 0.2) is 65.8 Å². The van der Waals surface area contributed by atoms with Gasteiger partial charge in [-0.25, -0.2) is 4.90 Å². The maximum Gasteiger partial charge on any atom is 0.271 e. The molecule has 3 aliphatic heterocycles. The molecule has 0 aromatic heterocycles. The monoisotopic (exact) mass is 450 g/mol. The number of carbonyl (C=O) groups is 3. The lowest BCUT2D eigenvalue weighted by Crippen LogP contribution is -2.46. The second kappa shape index (κ2) is 7.38. The van der Waals surface area contributed by atoms with E-state index in [2.05, 4.69) is 5.10 Å². The normalized spacial score (nSPS) is 25.8. The fraction of sp³-hybridized carbons (Fsp3) is 0.182. The van der Waals surface area contributed by atoms with Crippen molar-refractivity contribution in [2.75, 3.05) is 4.90 Å². The minimum absolute atomic E-state index is 0.0253. The summed E-state index contributed by atoms with van der Waals surface area (Å²) >= 11 is 6.22. The molecule has 32 heavy (non-hydrogen) atoms. The number of hydrogen-bond donors (Lipinski definition) is 0. The third-order valence-corrected chi connectivity index (χ3v) is 6.32. The fourth-order valence-corrected chi connectivity index (χ4v) is 4.84. The van der Waals surface area contributed by atoms with Gasteiger partial charge in [0.05, 0.1) is 33.5 Å². The SMILES string of the molecule is O=C(c1ccccc1)[C@H]1[C@@H]2C(=O)N(c3cc([N+](=O)[O-])ccc3Cl)C(=O)[C@@H]2[C@H]2C=CC=NN21. The molecule has 2 amide bonds. The van der Waals surface area contributed by atoms with E-state index in [1.165, 1.54) is 23.4 Å². The third-order valence-electron chi connectivity index (χ3n) is 6.00. The van der Waals surface area contributed by atoms with Gasteiger partial charge in [-0.15, -0.1) is 0 Å². The molecule has 4 atom stereocenters. The number of fused-ring (bicyclic) bond motifs is 3.